The second kappa shape index (κ2) is 5.31. The van der Waals surface area contributed by atoms with Gasteiger partial charge in [-0.25, -0.2) is 4.98 Å². The standard InChI is InChI=1S/C11H9Cl2N3O/c12-8-2-9(6-15-5-8)17-11-10(13)1-7(3-14)4-16-11/h1-2,4-6H,3,14H2. The Morgan fingerprint density at radius 1 is 1.18 bits per heavy atom. The van der Waals surface area contributed by atoms with Crippen LogP contribution in [-0.2, 0) is 6.54 Å². The van der Waals surface area contributed by atoms with Crippen molar-refractivity contribution in [3.63, 3.8) is 0 Å². The molecule has 6 heteroatoms. The second-order valence-corrected chi connectivity index (χ2v) is 4.12. The average molecular weight is 270 g/mol. The number of pyridine rings is 2. The van der Waals surface area contributed by atoms with Crippen molar-refractivity contribution in [2.24, 2.45) is 5.73 Å². The Morgan fingerprint density at radius 3 is 2.65 bits per heavy atom. The molecular weight excluding hydrogens is 261 g/mol. The van der Waals surface area contributed by atoms with Gasteiger partial charge in [0.1, 0.15) is 10.8 Å². The van der Waals surface area contributed by atoms with Gasteiger partial charge in [-0.05, 0) is 11.6 Å². The van der Waals surface area contributed by atoms with Gasteiger partial charge in [0, 0.05) is 25.0 Å². The van der Waals surface area contributed by atoms with Gasteiger partial charge in [-0.3, -0.25) is 4.98 Å². The molecule has 4 nitrogen and oxygen atoms in total. The highest BCUT2D eigenvalue weighted by atomic mass is 35.5. The molecule has 2 heterocycles. The van der Waals surface area contributed by atoms with E-state index in [1.807, 2.05) is 0 Å². The molecule has 0 radical (unpaired) electrons. The number of ether oxygens (including phenoxy) is 1. The van der Waals surface area contributed by atoms with Crippen molar-refractivity contribution < 1.29 is 4.74 Å². The van der Waals surface area contributed by atoms with Crippen LogP contribution in [-0.4, -0.2) is 9.97 Å². The fourth-order valence-electron chi connectivity index (χ4n) is 1.21. The summed E-state index contributed by atoms with van der Waals surface area (Å²) in [4.78, 5) is 7.96. The molecule has 0 aliphatic carbocycles. The highest BCUT2D eigenvalue weighted by Gasteiger charge is 2.06. The third-order valence-electron chi connectivity index (χ3n) is 1.99. The summed E-state index contributed by atoms with van der Waals surface area (Å²) in [6.45, 7) is 0.381. The van der Waals surface area contributed by atoms with E-state index in [9.17, 15) is 0 Å². The zero-order valence-corrected chi connectivity index (χ0v) is 10.2. The SMILES string of the molecule is NCc1cnc(Oc2cncc(Cl)c2)c(Cl)c1. The first-order valence-corrected chi connectivity index (χ1v) is 5.57. The van der Waals surface area contributed by atoms with E-state index in [4.69, 9.17) is 33.7 Å². The first-order valence-electron chi connectivity index (χ1n) is 4.82. The Hall–Kier alpha value is -1.36. The molecule has 0 saturated heterocycles. The quantitative estimate of drug-likeness (QED) is 0.931. The Kier molecular flexibility index (Phi) is 3.78. The fraction of sp³-hybridized carbons (Fsp3) is 0.0909. The number of nitrogens with two attached hydrogens (primary N) is 1. The number of halogens is 2. The number of hydrogen-bond donors (Lipinski definition) is 1. The van der Waals surface area contributed by atoms with Crippen molar-refractivity contribution in [3.8, 4) is 11.6 Å². The lowest BCUT2D eigenvalue weighted by Crippen LogP contribution is -1.98. The summed E-state index contributed by atoms with van der Waals surface area (Å²) in [7, 11) is 0. The highest BCUT2D eigenvalue weighted by molar-refractivity contribution is 6.32. The number of nitrogens with zero attached hydrogens (tertiary/aromatic N) is 2. The summed E-state index contributed by atoms with van der Waals surface area (Å²) in [5.41, 5.74) is 6.31. The summed E-state index contributed by atoms with van der Waals surface area (Å²) in [5, 5.41) is 0.880. The van der Waals surface area contributed by atoms with E-state index in [0.717, 1.165) is 5.56 Å². The van der Waals surface area contributed by atoms with Crippen molar-refractivity contribution in [3.05, 3.63) is 46.3 Å². The smallest absolute Gasteiger partial charge is 0.238 e. The third kappa shape index (κ3) is 3.06. The van der Waals surface area contributed by atoms with Crippen LogP contribution in [0.15, 0.2) is 30.7 Å². The minimum atomic E-state index is 0.299. The molecule has 0 unspecified atom stereocenters. The van der Waals surface area contributed by atoms with E-state index >= 15 is 0 Å². The van der Waals surface area contributed by atoms with Crippen molar-refractivity contribution >= 4 is 23.2 Å². The minimum absolute atomic E-state index is 0.299. The Labute approximate surface area is 108 Å². The molecule has 2 aromatic heterocycles. The Balaban J connectivity index is 2.24. The molecule has 17 heavy (non-hydrogen) atoms. The lowest BCUT2D eigenvalue weighted by molar-refractivity contribution is 0.460. The van der Waals surface area contributed by atoms with E-state index < -0.39 is 0 Å². The van der Waals surface area contributed by atoms with E-state index in [-0.39, 0.29) is 0 Å². The monoisotopic (exact) mass is 269 g/mol. The maximum atomic E-state index is 6.00. The number of rotatable bonds is 3. The summed E-state index contributed by atoms with van der Waals surface area (Å²) < 4.78 is 5.46. The molecule has 88 valence electrons. The molecule has 2 rings (SSSR count). The number of hydrogen-bond acceptors (Lipinski definition) is 4. The van der Waals surface area contributed by atoms with Crippen LogP contribution in [0.4, 0.5) is 0 Å². The summed E-state index contributed by atoms with van der Waals surface area (Å²) in [6.07, 6.45) is 4.65. The summed E-state index contributed by atoms with van der Waals surface area (Å²) in [5.74, 6) is 0.778. The molecule has 0 fully saturated rings. The zero-order valence-electron chi connectivity index (χ0n) is 8.73. The molecule has 0 spiro atoms. The largest absolute Gasteiger partial charge is 0.436 e. The number of aromatic nitrogens is 2. The Bertz CT molecular complexity index is 534. The van der Waals surface area contributed by atoms with Crippen molar-refractivity contribution in [1.82, 2.24) is 9.97 Å². The van der Waals surface area contributed by atoms with Crippen LogP contribution in [0, 0.1) is 0 Å². The van der Waals surface area contributed by atoms with Gasteiger partial charge in [0.2, 0.25) is 5.88 Å². The lowest BCUT2D eigenvalue weighted by atomic mass is 10.3. The van der Waals surface area contributed by atoms with Gasteiger partial charge in [0.05, 0.1) is 11.2 Å². The molecule has 0 saturated carbocycles. The molecule has 0 aromatic carbocycles. The van der Waals surface area contributed by atoms with Crippen LogP contribution in [0.25, 0.3) is 0 Å². The van der Waals surface area contributed by atoms with Gasteiger partial charge in [0.15, 0.2) is 0 Å². The molecule has 0 bridgehead atoms. The van der Waals surface area contributed by atoms with Gasteiger partial charge in [-0.15, -0.1) is 0 Å². The van der Waals surface area contributed by atoms with E-state index in [0.29, 0.717) is 28.2 Å². The van der Waals surface area contributed by atoms with Gasteiger partial charge < -0.3 is 10.5 Å². The van der Waals surface area contributed by atoms with Crippen LogP contribution in [0.1, 0.15) is 5.56 Å². The predicted molar refractivity (Wildman–Crippen MR) is 66.5 cm³/mol. The normalized spacial score (nSPS) is 10.3. The maximum absolute atomic E-state index is 6.00. The lowest BCUT2D eigenvalue weighted by Gasteiger charge is -2.07. The predicted octanol–water partition coefficient (Wildman–Crippen LogP) is 3.03. The third-order valence-corrected chi connectivity index (χ3v) is 2.47. The molecule has 0 aliphatic heterocycles. The van der Waals surface area contributed by atoms with E-state index in [1.54, 1.807) is 18.3 Å². The fourth-order valence-corrected chi connectivity index (χ4v) is 1.60. The van der Waals surface area contributed by atoms with Crippen molar-refractivity contribution in [2.45, 2.75) is 6.54 Å². The van der Waals surface area contributed by atoms with E-state index in [2.05, 4.69) is 9.97 Å². The first-order chi connectivity index (χ1) is 8.19. The van der Waals surface area contributed by atoms with Crippen LogP contribution < -0.4 is 10.5 Å². The summed E-state index contributed by atoms with van der Waals surface area (Å²) >= 11 is 11.8. The molecule has 0 aliphatic rings. The van der Waals surface area contributed by atoms with Crippen LogP contribution in [0.3, 0.4) is 0 Å². The van der Waals surface area contributed by atoms with Crippen LogP contribution in [0.2, 0.25) is 10.0 Å². The zero-order chi connectivity index (χ0) is 12.3. The molecule has 0 atom stereocenters. The molecule has 2 N–H and O–H groups in total. The van der Waals surface area contributed by atoms with Crippen molar-refractivity contribution in [2.75, 3.05) is 0 Å². The van der Waals surface area contributed by atoms with Gasteiger partial charge >= 0.3 is 0 Å². The van der Waals surface area contributed by atoms with Gasteiger partial charge in [-0.1, -0.05) is 23.2 Å². The molecule has 2 aromatic rings. The van der Waals surface area contributed by atoms with Gasteiger partial charge in [0.25, 0.3) is 0 Å². The molecule has 0 amide bonds. The topological polar surface area (TPSA) is 61.0 Å². The maximum Gasteiger partial charge on any atom is 0.238 e. The average Bonchev–Trinajstić information content (AvgIpc) is 2.32. The van der Waals surface area contributed by atoms with Crippen molar-refractivity contribution in [1.29, 1.82) is 0 Å². The van der Waals surface area contributed by atoms with Crippen LogP contribution >= 0.6 is 23.2 Å². The first kappa shape index (κ1) is 12.1. The second-order valence-electron chi connectivity index (χ2n) is 3.28. The highest BCUT2D eigenvalue weighted by Crippen LogP contribution is 2.28. The van der Waals surface area contributed by atoms with Gasteiger partial charge in [-0.2, -0.15) is 0 Å². The Morgan fingerprint density at radius 2 is 2.00 bits per heavy atom. The summed E-state index contributed by atoms with van der Waals surface area (Å²) in [6, 6.07) is 3.34. The van der Waals surface area contributed by atoms with E-state index in [1.165, 1.54) is 12.4 Å². The molecular formula is C11H9Cl2N3O. The minimum Gasteiger partial charge on any atom is -0.436 e. The van der Waals surface area contributed by atoms with Crippen LogP contribution in [0.5, 0.6) is 11.6 Å².